The molecule has 3 heterocycles. The highest BCUT2D eigenvalue weighted by Crippen LogP contribution is 2.29. The van der Waals surface area contributed by atoms with E-state index in [4.69, 9.17) is 28.2 Å². The Hall–Kier alpha value is -3.29. The monoisotopic (exact) mass is 508 g/mol. The summed E-state index contributed by atoms with van der Waals surface area (Å²) in [6.45, 7) is 4.12. The van der Waals surface area contributed by atoms with Crippen LogP contribution in [0.3, 0.4) is 0 Å². The van der Waals surface area contributed by atoms with E-state index in [-0.39, 0.29) is 6.03 Å². The van der Waals surface area contributed by atoms with Crippen LogP contribution in [-0.4, -0.2) is 45.2 Å². The summed E-state index contributed by atoms with van der Waals surface area (Å²) in [4.78, 5) is 19.5. The summed E-state index contributed by atoms with van der Waals surface area (Å²) >= 11 is 12.4. The third-order valence-electron chi connectivity index (χ3n) is 6.27. The molecule has 1 atom stereocenters. The van der Waals surface area contributed by atoms with Crippen molar-refractivity contribution in [3.63, 3.8) is 0 Å². The number of halogens is 2. The predicted octanol–water partition coefficient (Wildman–Crippen LogP) is 6.37. The van der Waals surface area contributed by atoms with Gasteiger partial charge in [-0.1, -0.05) is 41.4 Å². The number of hydrogen-bond acceptors (Lipinski definition) is 4. The number of carbonyl (C=O) groups is 1. The van der Waals surface area contributed by atoms with Crippen molar-refractivity contribution < 1.29 is 4.79 Å². The van der Waals surface area contributed by atoms with E-state index in [9.17, 15) is 4.79 Å². The van der Waals surface area contributed by atoms with Crippen molar-refractivity contribution in [1.29, 1.82) is 0 Å². The summed E-state index contributed by atoms with van der Waals surface area (Å²) in [6, 6.07) is 16.7. The second-order valence-electron chi connectivity index (χ2n) is 8.84. The molecule has 1 fully saturated rings. The quantitative estimate of drug-likeness (QED) is 0.328. The van der Waals surface area contributed by atoms with Gasteiger partial charge in [-0.15, -0.1) is 0 Å². The number of aryl methyl sites for hydroxylation is 1. The number of benzene rings is 2. The van der Waals surface area contributed by atoms with Crippen LogP contribution in [0.4, 0.5) is 16.3 Å². The van der Waals surface area contributed by atoms with Crippen molar-refractivity contribution >= 4 is 46.4 Å². The molecular weight excluding hydrogens is 483 g/mol. The minimum absolute atomic E-state index is 0.0907. The van der Waals surface area contributed by atoms with E-state index in [1.165, 1.54) is 0 Å². The van der Waals surface area contributed by atoms with Gasteiger partial charge in [0.05, 0.1) is 11.9 Å². The van der Waals surface area contributed by atoms with Crippen LogP contribution in [-0.2, 0) is 0 Å². The highest BCUT2D eigenvalue weighted by Gasteiger charge is 2.24. The van der Waals surface area contributed by atoms with Crippen LogP contribution in [0, 0.1) is 12.8 Å². The first kappa shape index (κ1) is 23.5. The number of rotatable bonds is 5. The smallest absolute Gasteiger partial charge is 0.321 e. The Morgan fingerprint density at radius 2 is 1.94 bits per heavy atom. The topological polar surface area (TPSA) is 74.6 Å². The van der Waals surface area contributed by atoms with E-state index in [1.54, 1.807) is 24.3 Å². The molecule has 1 aliphatic rings. The van der Waals surface area contributed by atoms with Gasteiger partial charge in [0.2, 0.25) is 0 Å². The summed E-state index contributed by atoms with van der Waals surface area (Å²) in [6.07, 6.45) is 3.81. The molecule has 0 aliphatic carbocycles. The fraction of sp³-hybridized carbons (Fsp3) is 0.269. The van der Waals surface area contributed by atoms with Gasteiger partial charge in [0, 0.05) is 52.6 Å². The number of piperidine rings is 1. The zero-order valence-electron chi connectivity index (χ0n) is 19.3. The molecule has 9 heteroatoms. The minimum Gasteiger partial charge on any atom is -0.370 e. The van der Waals surface area contributed by atoms with E-state index in [0.29, 0.717) is 29.1 Å². The van der Waals surface area contributed by atoms with E-state index < -0.39 is 0 Å². The number of nitrogens with zero attached hydrogens (tertiary/aromatic N) is 4. The largest absolute Gasteiger partial charge is 0.370 e. The number of likely N-dealkylation sites (tertiary alicyclic amines) is 1. The number of hydrogen-bond donors (Lipinski definition) is 2. The molecule has 5 rings (SSSR count). The SMILES string of the molecule is Cc1cnn2c(NCC3CCCN(C(=O)Nc4ccc(Cl)cc4)C3)cc(-c3ccccc3Cl)nc12. The van der Waals surface area contributed by atoms with E-state index in [1.807, 2.05) is 52.9 Å². The summed E-state index contributed by atoms with van der Waals surface area (Å²) < 4.78 is 1.82. The van der Waals surface area contributed by atoms with Gasteiger partial charge in [-0.25, -0.2) is 9.78 Å². The Bertz CT molecular complexity index is 1350. The van der Waals surface area contributed by atoms with Gasteiger partial charge in [-0.3, -0.25) is 0 Å². The van der Waals surface area contributed by atoms with Crippen LogP contribution >= 0.6 is 23.2 Å². The maximum absolute atomic E-state index is 12.8. The van der Waals surface area contributed by atoms with Crippen LogP contribution in [0.1, 0.15) is 18.4 Å². The molecule has 0 saturated carbocycles. The van der Waals surface area contributed by atoms with Gasteiger partial charge < -0.3 is 15.5 Å². The Balaban J connectivity index is 1.30. The van der Waals surface area contributed by atoms with E-state index >= 15 is 0 Å². The minimum atomic E-state index is -0.0907. The molecule has 180 valence electrons. The third-order valence-corrected chi connectivity index (χ3v) is 6.85. The Kier molecular flexibility index (Phi) is 6.79. The molecule has 0 bridgehead atoms. The molecule has 2 N–H and O–H groups in total. The molecule has 0 spiro atoms. The lowest BCUT2D eigenvalue weighted by atomic mass is 9.98. The van der Waals surface area contributed by atoms with Crippen LogP contribution in [0.5, 0.6) is 0 Å². The first-order chi connectivity index (χ1) is 17.0. The lowest BCUT2D eigenvalue weighted by Crippen LogP contribution is -2.44. The number of nitrogens with one attached hydrogen (secondary N) is 2. The van der Waals surface area contributed by atoms with Crippen molar-refractivity contribution in [3.05, 3.63) is 76.4 Å². The van der Waals surface area contributed by atoms with Gasteiger partial charge in [0.1, 0.15) is 5.82 Å². The Morgan fingerprint density at radius 3 is 2.74 bits per heavy atom. The molecule has 1 saturated heterocycles. The number of urea groups is 1. The lowest BCUT2D eigenvalue weighted by Gasteiger charge is -2.33. The van der Waals surface area contributed by atoms with Gasteiger partial charge in [0.25, 0.3) is 0 Å². The molecule has 2 aromatic heterocycles. The van der Waals surface area contributed by atoms with E-state index in [0.717, 1.165) is 53.4 Å². The zero-order chi connectivity index (χ0) is 24.4. The second-order valence-corrected chi connectivity index (χ2v) is 9.69. The van der Waals surface area contributed by atoms with Crippen molar-refractivity contribution in [3.8, 4) is 11.3 Å². The number of fused-ring (bicyclic) bond motifs is 1. The molecule has 1 unspecified atom stereocenters. The van der Waals surface area contributed by atoms with Crippen LogP contribution < -0.4 is 10.6 Å². The van der Waals surface area contributed by atoms with Crippen LogP contribution in [0.25, 0.3) is 16.9 Å². The van der Waals surface area contributed by atoms with E-state index in [2.05, 4.69) is 15.7 Å². The Labute approximate surface area is 214 Å². The zero-order valence-corrected chi connectivity index (χ0v) is 20.9. The maximum Gasteiger partial charge on any atom is 0.321 e. The molecule has 35 heavy (non-hydrogen) atoms. The first-order valence-electron chi connectivity index (χ1n) is 11.6. The molecule has 1 aliphatic heterocycles. The summed E-state index contributed by atoms with van der Waals surface area (Å²) in [5.74, 6) is 1.16. The highest BCUT2D eigenvalue weighted by molar-refractivity contribution is 6.33. The number of amides is 2. The average molecular weight is 509 g/mol. The molecule has 7 nitrogen and oxygen atoms in total. The molecule has 2 aromatic carbocycles. The maximum atomic E-state index is 12.8. The summed E-state index contributed by atoms with van der Waals surface area (Å²) in [7, 11) is 0. The third kappa shape index (κ3) is 5.21. The van der Waals surface area contributed by atoms with Crippen molar-refractivity contribution in [2.45, 2.75) is 19.8 Å². The predicted molar refractivity (Wildman–Crippen MR) is 141 cm³/mol. The highest BCUT2D eigenvalue weighted by atomic mass is 35.5. The van der Waals surface area contributed by atoms with Gasteiger partial charge in [-0.2, -0.15) is 9.61 Å². The average Bonchev–Trinajstić information content (AvgIpc) is 3.25. The molecule has 2 amide bonds. The lowest BCUT2D eigenvalue weighted by molar-refractivity contribution is 0.180. The summed E-state index contributed by atoms with van der Waals surface area (Å²) in [5, 5.41) is 12.3. The van der Waals surface area contributed by atoms with Crippen LogP contribution in [0.2, 0.25) is 10.0 Å². The van der Waals surface area contributed by atoms with Gasteiger partial charge in [-0.05, 0) is 56.0 Å². The standard InChI is InChI=1S/C26H26Cl2N6O/c1-17-14-30-34-24(13-23(32-25(17)34)21-6-2-3-7-22(21)28)29-15-18-5-4-12-33(16-18)26(35)31-20-10-8-19(27)9-11-20/h2-3,6-11,13-14,18,29H,4-5,12,15-16H2,1H3,(H,31,35). The van der Waals surface area contributed by atoms with Crippen molar-refractivity contribution in [2.24, 2.45) is 5.92 Å². The molecule has 0 radical (unpaired) electrons. The van der Waals surface area contributed by atoms with Crippen molar-refractivity contribution in [2.75, 3.05) is 30.3 Å². The molecular formula is C26H26Cl2N6O. The number of carbonyl (C=O) groups excluding carboxylic acids is 1. The number of aromatic nitrogens is 3. The fourth-order valence-corrected chi connectivity index (χ4v) is 4.76. The van der Waals surface area contributed by atoms with Crippen LogP contribution in [0.15, 0.2) is 60.8 Å². The number of anilines is 2. The fourth-order valence-electron chi connectivity index (χ4n) is 4.41. The first-order valence-corrected chi connectivity index (χ1v) is 12.4. The Morgan fingerprint density at radius 1 is 1.14 bits per heavy atom. The van der Waals surface area contributed by atoms with Gasteiger partial charge in [0.15, 0.2) is 5.65 Å². The second kappa shape index (κ2) is 10.1. The normalized spacial score (nSPS) is 15.9. The van der Waals surface area contributed by atoms with Gasteiger partial charge >= 0.3 is 6.03 Å². The van der Waals surface area contributed by atoms with Crippen molar-refractivity contribution in [1.82, 2.24) is 19.5 Å². The molecule has 4 aromatic rings. The summed E-state index contributed by atoms with van der Waals surface area (Å²) in [5.41, 5.74) is 4.19.